The second kappa shape index (κ2) is 65.6. The van der Waals surface area contributed by atoms with Gasteiger partial charge in [-0.15, -0.1) is 0 Å². The van der Waals surface area contributed by atoms with Crippen molar-refractivity contribution in [1.82, 2.24) is 0 Å². The van der Waals surface area contributed by atoms with Crippen LogP contribution in [0.25, 0.3) is 0 Å². The molecule has 0 saturated heterocycles. The zero-order valence-corrected chi connectivity index (χ0v) is 78.2. The van der Waals surface area contributed by atoms with Crippen molar-refractivity contribution in [3.63, 3.8) is 0 Å². The van der Waals surface area contributed by atoms with Gasteiger partial charge in [0.05, 0.1) is 159 Å². The monoisotopic (exact) mass is 1770 g/mol. The summed E-state index contributed by atoms with van der Waals surface area (Å²) in [5, 5.41) is 0. The van der Waals surface area contributed by atoms with Crippen LogP contribution in [0.4, 0.5) is 0 Å². The third-order valence-corrected chi connectivity index (χ3v) is 23.7. The number of unbranched alkanes of at least 4 members (excludes halogenated alkanes) is 6. The van der Waals surface area contributed by atoms with Crippen molar-refractivity contribution in [2.75, 3.05) is 198 Å². The maximum absolute atomic E-state index is 6.34. The summed E-state index contributed by atoms with van der Waals surface area (Å²) in [6.07, 6.45) is 13.0. The Bertz CT molecular complexity index is 3070. The Balaban J connectivity index is 0.000000376. The smallest absolute Gasteiger partial charge is 0.427 e. The second-order valence-electron chi connectivity index (χ2n) is 29.9. The van der Waals surface area contributed by atoms with E-state index in [0.717, 1.165) is 150 Å². The summed E-state index contributed by atoms with van der Waals surface area (Å²) in [5.41, 5.74) is 5.75. The highest BCUT2D eigenvalue weighted by molar-refractivity contribution is 7.43. The normalized spacial score (nSPS) is 14.5. The van der Waals surface area contributed by atoms with Gasteiger partial charge in [0.2, 0.25) is 0 Å². The minimum absolute atomic E-state index is 0.313. The highest BCUT2D eigenvalue weighted by atomic mass is 31.2. The Morgan fingerprint density at radius 2 is 0.438 bits per heavy atom. The van der Waals surface area contributed by atoms with Crippen LogP contribution in [0.3, 0.4) is 0 Å². The Morgan fingerprint density at radius 1 is 0.248 bits per heavy atom. The molecule has 0 unspecified atom stereocenters. The van der Waals surface area contributed by atoms with E-state index in [0.29, 0.717) is 193 Å². The molecule has 8 bridgehead atoms. The van der Waals surface area contributed by atoms with E-state index < -0.39 is 34.4 Å². The molecule has 7 aliphatic rings. The molecular weight excluding hydrogens is 1620 g/mol. The van der Waals surface area contributed by atoms with Crippen LogP contribution < -0.4 is 27.1 Å². The average Bonchev–Trinajstić information content (AvgIpc) is 0.808. The summed E-state index contributed by atoms with van der Waals surface area (Å²) in [6, 6.07) is 48.3. The van der Waals surface area contributed by atoms with Crippen LogP contribution >= 0.6 is 34.4 Å². The summed E-state index contributed by atoms with van der Waals surface area (Å²) < 4.78 is 142. The number of benzene rings is 6. The molecule has 0 radical (unpaired) electrons. The van der Waals surface area contributed by atoms with E-state index >= 15 is 0 Å². The van der Waals surface area contributed by atoms with E-state index in [9.17, 15) is 0 Å². The molecule has 7 heterocycles. The Morgan fingerprint density at radius 3 is 0.645 bits per heavy atom. The lowest BCUT2D eigenvalue weighted by Gasteiger charge is -2.27. The van der Waals surface area contributed by atoms with Gasteiger partial charge in [0.1, 0.15) is 34.5 Å². The first-order chi connectivity index (χ1) is 59.1. The molecule has 0 atom stereocenters. The molecular formula is C93H144O24P4. The van der Waals surface area contributed by atoms with Gasteiger partial charge in [0.25, 0.3) is 0 Å². The summed E-state index contributed by atoms with van der Waals surface area (Å²) in [7, 11) is -6.96. The SMILES string of the molecule is CCCCOCCOCCOP(OCCOCCOCCCC)Oc1ccc(C(C)(C)c2ccc(OP(OCCOCCOCCCC)OCCOCCOCCCC)cc2)cc1.CCCCOCCOCCOP1Oc2ccc(cc2)C(C)(C)c2ccc(cc2)OP(OCCOCCOCCCC)Oc2ccc(cc2)C(C)(C)c2ccc(cc2)O1. The van der Waals surface area contributed by atoms with E-state index in [1.54, 1.807) is 0 Å². The molecule has 0 fully saturated rings. The summed E-state index contributed by atoms with van der Waals surface area (Å²) in [5.74, 6) is 3.88. The number of ether oxygens (including phenoxy) is 12. The average molecular weight is 1770 g/mol. The van der Waals surface area contributed by atoms with E-state index in [2.05, 4.69) is 156 Å². The highest BCUT2D eigenvalue weighted by Gasteiger charge is 2.30. The van der Waals surface area contributed by atoms with Gasteiger partial charge in [-0.3, -0.25) is 9.05 Å². The zero-order chi connectivity index (χ0) is 86.4. The minimum Gasteiger partial charge on any atom is -0.427 e. The number of rotatable bonds is 66. The third kappa shape index (κ3) is 44.9. The van der Waals surface area contributed by atoms with Crippen molar-refractivity contribution in [3.8, 4) is 34.5 Å². The zero-order valence-electron chi connectivity index (χ0n) is 74.6. The second-order valence-corrected chi connectivity index (χ2v) is 34.4. The minimum atomic E-state index is -1.79. The van der Waals surface area contributed by atoms with E-state index in [4.69, 9.17) is 111 Å². The fraction of sp³-hybridized carbons (Fsp3) is 0.613. The van der Waals surface area contributed by atoms with Gasteiger partial charge in [-0.25, -0.2) is 0 Å². The van der Waals surface area contributed by atoms with E-state index in [1.165, 1.54) is 0 Å². The summed E-state index contributed by atoms with van der Waals surface area (Å²) in [4.78, 5) is 0. The third-order valence-electron chi connectivity index (χ3n) is 19.2. The van der Waals surface area contributed by atoms with Crippen LogP contribution in [0, 0.1) is 0 Å². The molecule has 7 aliphatic heterocycles. The lowest BCUT2D eigenvalue weighted by atomic mass is 9.78. The molecule has 0 amide bonds. The first kappa shape index (κ1) is 105. The first-order valence-electron chi connectivity index (χ1n) is 43.7. The summed E-state index contributed by atoms with van der Waals surface area (Å²) >= 11 is 0. The maximum Gasteiger partial charge on any atom is 0.463 e. The van der Waals surface area contributed by atoms with Crippen LogP contribution in [0.5, 0.6) is 34.5 Å². The predicted molar refractivity (Wildman–Crippen MR) is 481 cm³/mol. The van der Waals surface area contributed by atoms with Crippen LogP contribution in [-0.4, -0.2) is 198 Å². The van der Waals surface area contributed by atoms with Crippen LogP contribution in [0.15, 0.2) is 146 Å². The summed E-state index contributed by atoms with van der Waals surface area (Å²) in [6.45, 7) is 41.3. The van der Waals surface area contributed by atoms with Crippen molar-refractivity contribution in [1.29, 1.82) is 0 Å². The van der Waals surface area contributed by atoms with Gasteiger partial charge < -0.3 is 102 Å². The number of hydrogen-bond donors (Lipinski definition) is 0. The van der Waals surface area contributed by atoms with Gasteiger partial charge in [-0.2, -0.15) is 0 Å². The quantitative estimate of drug-likeness (QED) is 0.0256. The van der Waals surface area contributed by atoms with Gasteiger partial charge in [-0.1, -0.05) is 194 Å². The van der Waals surface area contributed by atoms with E-state index in [1.807, 2.05) is 72.8 Å². The largest absolute Gasteiger partial charge is 0.463 e. The number of hydrogen-bond acceptors (Lipinski definition) is 24. The van der Waals surface area contributed by atoms with Gasteiger partial charge in [0, 0.05) is 55.9 Å². The van der Waals surface area contributed by atoms with Gasteiger partial charge in [0.15, 0.2) is 0 Å². The van der Waals surface area contributed by atoms with E-state index in [-0.39, 0.29) is 16.2 Å². The maximum atomic E-state index is 6.34. The molecule has 28 heteroatoms. The fourth-order valence-electron chi connectivity index (χ4n) is 11.4. The molecule has 0 saturated carbocycles. The van der Waals surface area contributed by atoms with Crippen LogP contribution in [0.1, 0.15) is 194 Å². The van der Waals surface area contributed by atoms with Gasteiger partial charge >= 0.3 is 34.4 Å². The van der Waals surface area contributed by atoms with Crippen LogP contribution in [-0.2, 0) is 100 Å². The Hall–Kier alpha value is -4.88. The molecule has 13 rings (SSSR count). The molecule has 680 valence electrons. The predicted octanol–water partition coefficient (Wildman–Crippen LogP) is 22.3. The molecule has 6 aromatic carbocycles. The van der Waals surface area contributed by atoms with Gasteiger partial charge in [-0.05, 0) is 145 Å². The standard InChI is InChI=1S/C47H82O14P2.C46H62O10P2/c1-7-11-23-48-27-31-52-35-39-56-62(57-40-36-53-32-28-49-24-12-8-2)60-45-19-15-43(16-20-45)47(5,6)44-17-21-46(22-18-44)61-63(58-41-37-54-33-29-50-25-13-9-3)59-42-38-55-34-30-51-26-14-10-4;1-7-9-27-47-29-31-49-33-35-51-57-53-41-19-11-37(12-20-41)45(3,4)39-15-23-43(24-16-39)55-58(52-36-34-50-32-30-48-28-10-8-2)56-44-25-17-40(18-26-44)46(5,6)38-13-21-42(54-57)22-14-38/h15-22H,7-14,23-42H2,1-6H3;11-26H,7-10,27-36H2,1-6H3. The molecule has 0 spiro atoms. The fourth-order valence-corrected chi connectivity index (χ4v) is 15.1. The van der Waals surface area contributed by atoms with Crippen molar-refractivity contribution in [2.24, 2.45) is 0 Å². The Kier molecular flexibility index (Phi) is 56.9. The molecule has 0 aromatic heterocycles. The van der Waals surface area contributed by atoms with Crippen LogP contribution in [0.2, 0.25) is 0 Å². The molecule has 6 aromatic rings. The molecule has 0 N–H and O–H groups in total. The lowest BCUT2D eigenvalue weighted by Crippen LogP contribution is -2.19. The lowest BCUT2D eigenvalue weighted by molar-refractivity contribution is 0.0260. The highest BCUT2D eigenvalue weighted by Crippen LogP contribution is 2.47. The topological polar surface area (TPSA) is 222 Å². The van der Waals surface area contributed by atoms with Crippen molar-refractivity contribution in [3.05, 3.63) is 179 Å². The first-order valence-corrected chi connectivity index (χ1v) is 48.1. The Labute approximate surface area is 729 Å². The molecule has 0 aliphatic carbocycles. The van der Waals surface area contributed by atoms with Crippen molar-refractivity contribution >= 4 is 34.4 Å². The molecule has 121 heavy (non-hydrogen) atoms. The van der Waals surface area contributed by atoms with Crippen molar-refractivity contribution in [2.45, 2.75) is 176 Å². The van der Waals surface area contributed by atoms with Crippen molar-refractivity contribution < 1.29 is 111 Å². The molecule has 24 nitrogen and oxygen atoms in total.